The number of aryl methyl sites for hydroxylation is 1. The van der Waals surface area contributed by atoms with Crippen molar-refractivity contribution in [3.8, 4) is 0 Å². The summed E-state index contributed by atoms with van der Waals surface area (Å²) in [6.07, 6.45) is 14.2. The average Bonchev–Trinajstić information content (AvgIpc) is 3.34. The lowest BCUT2D eigenvalue weighted by Crippen LogP contribution is -2.46. The summed E-state index contributed by atoms with van der Waals surface area (Å²) in [6.45, 7) is 11.2. The number of carbonyl (C=O) groups is 3. The first-order valence-corrected chi connectivity index (χ1v) is 15.5. The Morgan fingerprint density at radius 2 is 1.80 bits per heavy atom. The Morgan fingerprint density at radius 1 is 1.20 bits per heavy atom. The van der Waals surface area contributed by atoms with E-state index in [0.717, 1.165) is 28.4 Å². The topological polar surface area (TPSA) is 103 Å². The number of hydrogen-bond donors (Lipinski definition) is 3. The molecule has 230 valence electrons. The summed E-state index contributed by atoms with van der Waals surface area (Å²) in [5.41, 5.74) is 1.53. The van der Waals surface area contributed by atoms with E-state index in [4.69, 9.17) is 16.4 Å². The minimum atomic E-state index is 0.126. The van der Waals surface area contributed by atoms with Gasteiger partial charge in [0.25, 0.3) is 0 Å². The number of aldehydes is 1. The lowest BCUT2D eigenvalue weighted by Gasteiger charge is -2.31. The number of amides is 2. The first-order valence-electron chi connectivity index (χ1n) is 14.2. The number of thiazole rings is 1. The van der Waals surface area contributed by atoms with Crippen LogP contribution in [0.5, 0.6) is 0 Å². The van der Waals surface area contributed by atoms with Crippen LogP contribution in [0.2, 0.25) is 0 Å². The van der Waals surface area contributed by atoms with Gasteiger partial charge >= 0.3 is 0 Å². The van der Waals surface area contributed by atoms with Crippen molar-refractivity contribution in [3.63, 3.8) is 0 Å². The van der Waals surface area contributed by atoms with Gasteiger partial charge < -0.3 is 20.9 Å². The summed E-state index contributed by atoms with van der Waals surface area (Å²) < 4.78 is 0. The number of nitrogens with zero attached hydrogens (tertiary/aromatic N) is 2. The zero-order chi connectivity index (χ0) is 30.8. The first kappa shape index (κ1) is 40.1. The van der Waals surface area contributed by atoms with E-state index < -0.39 is 0 Å². The quantitative estimate of drug-likeness (QED) is 0.163. The molecule has 2 rings (SSSR count). The van der Waals surface area contributed by atoms with Crippen molar-refractivity contribution in [2.45, 2.75) is 84.1 Å². The summed E-state index contributed by atoms with van der Waals surface area (Å²) in [6, 6.07) is 0.242. The van der Waals surface area contributed by atoms with E-state index in [2.05, 4.69) is 41.4 Å². The largest absolute Gasteiger partial charge is 0.362 e. The maximum atomic E-state index is 12.4. The summed E-state index contributed by atoms with van der Waals surface area (Å²) in [4.78, 5) is 39.0. The molecule has 2 amide bonds. The van der Waals surface area contributed by atoms with Gasteiger partial charge in [-0.3, -0.25) is 14.4 Å². The van der Waals surface area contributed by atoms with Crippen LogP contribution in [-0.4, -0.2) is 75.8 Å². The molecule has 40 heavy (non-hydrogen) atoms. The third-order valence-electron chi connectivity index (χ3n) is 5.58. The van der Waals surface area contributed by atoms with Crippen molar-refractivity contribution in [2.75, 3.05) is 41.3 Å². The molecule has 3 N–H and O–H groups in total. The van der Waals surface area contributed by atoms with Gasteiger partial charge in [-0.15, -0.1) is 22.9 Å². The van der Waals surface area contributed by atoms with Crippen LogP contribution in [0.25, 0.3) is 6.08 Å². The van der Waals surface area contributed by atoms with E-state index in [9.17, 15) is 9.59 Å². The molecule has 1 aromatic rings. The molecule has 8 nitrogen and oxygen atoms in total. The van der Waals surface area contributed by atoms with E-state index in [-0.39, 0.29) is 11.9 Å². The van der Waals surface area contributed by atoms with Crippen LogP contribution in [-0.2, 0) is 26.7 Å². The number of alkyl halides is 1. The zero-order valence-electron chi connectivity index (χ0n) is 25.9. The van der Waals surface area contributed by atoms with Crippen molar-refractivity contribution in [1.29, 1.82) is 0 Å². The molecule has 1 aliphatic rings. The Kier molecular flexibility index (Phi) is 27.2. The number of aromatic nitrogens is 1. The van der Waals surface area contributed by atoms with Gasteiger partial charge in [-0.25, -0.2) is 4.98 Å². The predicted octanol–water partition coefficient (Wildman–Crippen LogP) is 5.21. The molecular formula is C30H54ClN5O3S. The highest BCUT2D eigenvalue weighted by atomic mass is 35.5. The van der Waals surface area contributed by atoms with Gasteiger partial charge in [0.15, 0.2) is 0 Å². The van der Waals surface area contributed by atoms with Crippen molar-refractivity contribution in [2.24, 2.45) is 5.92 Å². The molecule has 0 radical (unpaired) electrons. The minimum absolute atomic E-state index is 0.126. The molecule has 1 fully saturated rings. The zero-order valence-corrected chi connectivity index (χ0v) is 27.4. The van der Waals surface area contributed by atoms with Gasteiger partial charge in [0, 0.05) is 39.0 Å². The fourth-order valence-corrected chi connectivity index (χ4v) is 5.27. The van der Waals surface area contributed by atoms with Crippen LogP contribution in [0.4, 0.5) is 0 Å². The predicted molar refractivity (Wildman–Crippen MR) is 172 cm³/mol. The first-order chi connectivity index (χ1) is 19.2. The summed E-state index contributed by atoms with van der Waals surface area (Å²) in [5.74, 6) is 1.14. The molecule has 0 bridgehead atoms. The van der Waals surface area contributed by atoms with E-state index in [1.165, 1.54) is 38.5 Å². The second kappa shape index (κ2) is 27.1. The second-order valence-electron chi connectivity index (χ2n) is 9.81. The molecule has 1 aliphatic carbocycles. The Balaban J connectivity index is 0. The van der Waals surface area contributed by atoms with Gasteiger partial charge in [-0.1, -0.05) is 52.2 Å². The number of halogens is 1. The smallest absolute Gasteiger partial charge is 0.220 e. The maximum absolute atomic E-state index is 12.4. The van der Waals surface area contributed by atoms with Crippen molar-refractivity contribution in [1.82, 2.24) is 25.8 Å². The van der Waals surface area contributed by atoms with Crippen LogP contribution in [0.15, 0.2) is 18.2 Å². The van der Waals surface area contributed by atoms with Crippen LogP contribution in [0, 0.1) is 5.92 Å². The summed E-state index contributed by atoms with van der Waals surface area (Å²) >= 11 is 7.59. The molecule has 1 saturated carbocycles. The summed E-state index contributed by atoms with van der Waals surface area (Å²) in [7, 11) is 7.31. The standard InChI is InChI=1S/C19H30ClN3OS.C6H11NO.C3H8.C2H5NO/c1-3-7-17-15(12-20)23-19(25-17)11-10-18(24)22-16(13-21-2)14-8-5-4-6-9-14;1-6(5-8)4-7(2)3;1-3-2;1-3-2-4/h3,7,14,16,21H,4-6,8-13H2,1-2H3,(H,22,24);5H,1,4H2,2-3H3;3H2,1-2H3;2H,1H3,(H,3,4)/b7-3-;;;/t16-;;;/m1.../s1. The van der Waals surface area contributed by atoms with Crippen LogP contribution >= 0.6 is 22.9 Å². The van der Waals surface area contributed by atoms with Crippen molar-refractivity contribution >= 4 is 47.6 Å². The van der Waals surface area contributed by atoms with Gasteiger partial charge in [0.05, 0.1) is 21.5 Å². The van der Waals surface area contributed by atoms with Crippen LogP contribution in [0.1, 0.15) is 81.3 Å². The Morgan fingerprint density at radius 3 is 2.23 bits per heavy atom. The van der Waals surface area contributed by atoms with Gasteiger partial charge in [0.2, 0.25) is 12.3 Å². The van der Waals surface area contributed by atoms with E-state index in [0.29, 0.717) is 43.2 Å². The van der Waals surface area contributed by atoms with Crippen molar-refractivity contribution < 1.29 is 14.4 Å². The van der Waals surface area contributed by atoms with Crippen molar-refractivity contribution in [3.05, 3.63) is 33.8 Å². The molecular weight excluding hydrogens is 546 g/mol. The number of nitrogens with one attached hydrogen (secondary N) is 3. The van der Waals surface area contributed by atoms with E-state index in [1.807, 2.05) is 45.1 Å². The fourth-order valence-electron chi connectivity index (χ4n) is 3.93. The summed E-state index contributed by atoms with van der Waals surface area (Å²) in [5, 5.41) is 9.72. The van der Waals surface area contributed by atoms with Gasteiger partial charge in [-0.2, -0.15) is 0 Å². The molecule has 0 unspecified atom stereocenters. The van der Waals surface area contributed by atoms with Crippen LogP contribution in [0.3, 0.4) is 0 Å². The third-order valence-corrected chi connectivity index (χ3v) is 6.95. The molecule has 1 atom stereocenters. The normalized spacial score (nSPS) is 13.5. The Hall–Kier alpha value is -2.07. The molecule has 0 aliphatic heterocycles. The Labute approximate surface area is 252 Å². The molecule has 1 heterocycles. The number of carbonyl (C=O) groups excluding carboxylic acids is 3. The van der Waals surface area contributed by atoms with Gasteiger partial charge in [-0.05, 0) is 58.5 Å². The number of rotatable bonds is 13. The molecule has 10 heteroatoms. The van der Waals surface area contributed by atoms with Crippen LogP contribution < -0.4 is 16.0 Å². The molecule has 0 saturated heterocycles. The Bertz CT molecular complexity index is 839. The lowest BCUT2D eigenvalue weighted by atomic mass is 9.83. The SMILES string of the molecule is C/C=C\c1sc(CCC(=O)N[C@H](CNC)C2CCCCC2)nc1CCl.C=C(C=O)CN(C)C.CCC.CNC=O. The van der Waals surface area contributed by atoms with E-state index in [1.54, 1.807) is 18.4 Å². The number of allylic oxidation sites excluding steroid dienone is 1. The molecule has 1 aromatic heterocycles. The molecule has 0 aromatic carbocycles. The minimum Gasteiger partial charge on any atom is -0.362 e. The maximum Gasteiger partial charge on any atom is 0.220 e. The highest BCUT2D eigenvalue weighted by molar-refractivity contribution is 7.12. The lowest BCUT2D eigenvalue weighted by molar-refractivity contribution is -0.122. The van der Waals surface area contributed by atoms with E-state index >= 15 is 0 Å². The van der Waals surface area contributed by atoms with Gasteiger partial charge in [0.1, 0.15) is 6.29 Å². The monoisotopic (exact) mass is 599 g/mol. The average molecular weight is 600 g/mol. The number of likely N-dealkylation sites (N-methyl/N-ethyl adjacent to an activating group) is 2. The highest BCUT2D eigenvalue weighted by Crippen LogP contribution is 2.27. The fraction of sp³-hybridized carbons (Fsp3) is 0.667. The second-order valence-corrected chi connectivity index (χ2v) is 11.2. The number of hydrogen-bond acceptors (Lipinski definition) is 7. The third kappa shape index (κ3) is 20.8. The molecule has 0 spiro atoms. The highest BCUT2D eigenvalue weighted by Gasteiger charge is 2.24.